The van der Waals surface area contributed by atoms with E-state index in [4.69, 9.17) is 4.74 Å². The minimum atomic E-state index is -0.269. The Bertz CT molecular complexity index is 305. The van der Waals surface area contributed by atoms with Crippen molar-refractivity contribution in [2.45, 2.75) is 65.2 Å². The topological polar surface area (TPSA) is 43.4 Å². The third-order valence-electron chi connectivity index (χ3n) is 5.03. The predicted octanol–water partition coefficient (Wildman–Crippen LogP) is 3.71. The molecule has 4 atom stereocenters. The minimum absolute atomic E-state index is 0.0587. The zero-order valence-electron chi connectivity index (χ0n) is 12.2. The van der Waals surface area contributed by atoms with E-state index in [-0.39, 0.29) is 23.8 Å². The normalized spacial score (nSPS) is 35.7. The number of carbonyl (C=O) groups excluding carboxylic acids is 2. The lowest BCUT2D eigenvalue weighted by Crippen LogP contribution is -2.33. The summed E-state index contributed by atoms with van der Waals surface area (Å²) in [5.41, 5.74) is 0. The van der Waals surface area contributed by atoms with Gasteiger partial charge in [0.25, 0.3) is 0 Å². The van der Waals surface area contributed by atoms with Crippen molar-refractivity contribution in [2.75, 3.05) is 0 Å². The van der Waals surface area contributed by atoms with Gasteiger partial charge >= 0.3 is 11.9 Å². The van der Waals surface area contributed by atoms with Crippen molar-refractivity contribution in [2.24, 2.45) is 23.7 Å². The largest absolute Gasteiger partial charge is 0.393 e. The van der Waals surface area contributed by atoms with Crippen molar-refractivity contribution >= 4 is 11.9 Å². The number of carbonyl (C=O) groups is 2. The Kier molecular flexibility index (Phi) is 5.00. The molecular formula is C16H26O3. The molecular weight excluding hydrogens is 240 g/mol. The highest BCUT2D eigenvalue weighted by atomic mass is 16.6. The molecule has 3 heteroatoms. The van der Waals surface area contributed by atoms with Crippen LogP contribution in [0.15, 0.2) is 0 Å². The smallest absolute Gasteiger partial charge is 0.316 e. The van der Waals surface area contributed by atoms with E-state index in [1.807, 2.05) is 0 Å². The van der Waals surface area contributed by atoms with E-state index < -0.39 is 0 Å². The van der Waals surface area contributed by atoms with E-state index in [2.05, 4.69) is 13.8 Å². The summed E-state index contributed by atoms with van der Waals surface area (Å²) in [6.07, 6.45) is 8.47. The molecule has 0 bridgehead atoms. The second kappa shape index (κ2) is 6.53. The molecule has 0 unspecified atom stereocenters. The van der Waals surface area contributed by atoms with Gasteiger partial charge < -0.3 is 4.74 Å². The molecule has 0 N–H and O–H groups in total. The van der Waals surface area contributed by atoms with Crippen molar-refractivity contribution in [3.63, 3.8) is 0 Å². The van der Waals surface area contributed by atoms with Crippen molar-refractivity contribution in [3.8, 4) is 0 Å². The van der Waals surface area contributed by atoms with Crippen LogP contribution in [-0.4, -0.2) is 11.9 Å². The van der Waals surface area contributed by atoms with E-state index in [0.717, 1.165) is 38.5 Å². The average Bonchev–Trinajstić information content (AvgIpc) is 2.39. The minimum Gasteiger partial charge on any atom is -0.393 e. The molecule has 0 heterocycles. The van der Waals surface area contributed by atoms with Crippen LogP contribution < -0.4 is 0 Å². The summed E-state index contributed by atoms with van der Waals surface area (Å²) in [5, 5.41) is 0. The quantitative estimate of drug-likeness (QED) is 0.565. The van der Waals surface area contributed by atoms with E-state index >= 15 is 0 Å². The van der Waals surface area contributed by atoms with Crippen molar-refractivity contribution in [1.82, 2.24) is 0 Å². The molecule has 0 aromatic heterocycles. The highest BCUT2D eigenvalue weighted by Gasteiger charge is 2.34. The highest BCUT2D eigenvalue weighted by Crippen LogP contribution is 2.33. The summed E-state index contributed by atoms with van der Waals surface area (Å²) in [6.45, 7) is 4.19. The summed E-state index contributed by atoms with van der Waals surface area (Å²) < 4.78 is 5.19. The molecule has 2 rings (SSSR count). The fourth-order valence-electron chi connectivity index (χ4n) is 3.58. The molecule has 2 aliphatic carbocycles. The number of esters is 2. The standard InChI is InChI=1S/C16H26O3/c1-11-7-3-5-9-13(11)15(17)19-16(18)14-10-6-4-8-12(14)2/h11-14H,3-10H2,1-2H3/t11-,12-,13-,14+/m1/s1. The molecule has 0 aromatic rings. The predicted molar refractivity (Wildman–Crippen MR) is 73.3 cm³/mol. The van der Waals surface area contributed by atoms with Gasteiger partial charge in [-0.3, -0.25) is 9.59 Å². The Hall–Kier alpha value is -0.860. The molecule has 19 heavy (non-hydrogen) atoms. The van der Waals surface area contributed by atoms with Crippen LogP contribution >= 0.6 is 0 Å². The summed E-state index contributed by atoms with van der Waals surface area (Å²) in [4.78, 5) is 24.3. The first-order chi connectivity index (χ1) is 9.09. The lowest BCUT2D eigenvalue weighted by molar-refractivity contribution is -0.169. The molecule has 0 radical (unpaired) electrons. The average molecular weight is 266 g/mol. The Morgan fingerprint density at radius 2 is 1.11 bits per heavy atom. The van der Waals surface area contributed by atoms with E-state index in [1.165, 1.54) is 12.8 Å². The molecule has 2 fully saturated rings. The van der Waals surface area contributed by atoms with Crippen LogP contribution in [0.25, 0.3) is 0 Å². The van der Waals surface area contributed by atoms with Gasteiger partial charge in [0.15, 0.2) is 0 Å². The first-order valence-electron chi connectivity index (χ1n) is 7.85. The molecule has 3 nitrogen and oxygen atoms in total. The first-order valence-corrected chi connectivity index (χ1v) is 7.85. The van der Waals surface area contributed by atoms with Crippen LogP contribution in [0.2, 0.25) is 0 Å². The summed E-state index contributed by atoms with van der Waals surface area (Å²) in [7, 11) is 0. The van der Waals surface area contributed by atoms with Crippen LogP contribution in [0.5, 0.6) is 0 Å². The zero-order valence-corrected chi connectivity index (χ0v) is 12.2. The monoisotopic (exact) mass is 266 g/mol. The number of rotatable bonds is 2. The lowest BCUT2D eigenvalue weighted by Gasteiger charge is -2.29. The summed E-state index contributed by atoms with van der Waals surface area (Å²) in [6, 6.07) is 0. The van der Waals surface area contributed by atoms with E-state index in [0.29, 0.717) is 11.8 Å². The van der Waals surface area contributed by atoms with Gasteiger partial charge in [0, 0.05) is 0 Å². The maximum absolute atomic E-state index is 12.1. The molecule has 2 aliphatic rings. The van der Waals surface area contributed by atoms with Crippen molar-refractivity contribution in [1.29, 1.82) is 0 Å². The zero-order chi connectivity index (χ0) is 13.8. The Balaban J connectivity index is 1.88. The molecule has 0 amide bonds. The van der Waals surface area contributed by atoms with Gasteiger partial charge in [-0.25, -0.2) is 0 Å². The number of ether oxygens (including phenoxy) is 1. The van der Waals surface area contributed by atoms with Gasteiger partial charge in [-0.05, 0) is 37.5 Å². The second-order valence-corrected chi connectivity index (χ2v) is 6.48. The molecule has 0 aromatic carbocycles. The second-order valence-electron chi connectivity index (χ2n) is 6.48. The third-order valence-corrected chi connectivity index (χ3v) is 5.03. The molecule has 0 aliphatic heterocycles. The van der Waals surface area contributed by atoms with Gasteiger partial charge in [-0.2, -0.15) is 0 Å². The summed E-state index contributed by atoms with van der Waals surface area (Å²) >= 11 is 0. The van der Waals surface area contributed by atoms with Gasteiger partial charge in [0.1, 0.15) is 0 Å². The maximum atomic E-state index is 12.1. The van der Waals surface area contributed by atoms with E-state index in [1.54, 1.807) is 0 Å². The molecule has 0 spiro atoms. The summed E-state index contributed by atoms with van der Waals surface area (Å²) in [5.74, 6) is 0.0637. The van der Waals surface area contributed by atoms with Gasteiger partial charge in [0.2, 0.25) is 0 Å². The molecule has 2 saturated carbocycles. The van der Waals surface area contributed by atoms with Crippen LogP contribution in [0.1, 0.15) is 65.2 Å². The number of hydrogen-bond acceptors (Lipinski definition) is 3. The number of hydrogen-bond donors (Lipinski definition) is 0. The lowest BCUT2D eigenvalue weighted by atomic mass is 9.79. The Morgan fingerprint density at radius 3 is 1.47 bits per heavy atom. The van der Waals surface area contributed by atoms with Crippen molar-refractivity contribution < 1.29 is 14.3 Å². The Labute approximate surface area is 116 Å². The fraction of sp³-hybridized carbons (Fsp3) is 0.875. The first kappa shape index (κ1) is 14.5. The van der Waals surface area contributed by atoms with Crippen LogP contribution in [-0.2, 0) is 14.3 Å². The SMILES string of the molecule is C[C@@H]1CCCC[C@@H]1C(=O)OC(=O)[C@@H]1CCCC[C@H]1C. The molecule has 0 saturated heterocycles. The molecule has 108 valence electrons. The van der Waals surface area contributed by atoms with E-state index in [9.17, 15) is 9.59 Å². The van der Waals surface area contributed by atoms with Crippen molar-refractivity contribution in [3.05, 3.63) is 0 Å². The third kappa shape index (κ3) is 3.58. The van der Waals surface area contributed by atoms with Gasteiger partial charge in [0.05, 0.1) is 11.8 Å². The van der Waals surface area contributed by atoms with Crippen LogP contribution in [0.3, 0.4) is 0 Å². The Morgan fingerprint density at radius 1 is 0.737 bits per heavy atom. The maximum Gasteiger partial charge on any atom is 0.316 e. The fourth-order valence-corrected chi connectivity index (χ4v) is 3.58. The van der Waals surface area contributed by atoms with Gasteiger partial charge in [-0.1, -0.05) is 39.5 Å². The van der Waals surface area contributed by atoms with Gasteiger partial charge in [-0.15, -0.1) is 0 Å². The van der Waals surface area contributed by atoms with Crippen LogP contribution in [0.4, 0.5) is 0 Å². The highest BCUT2D eigenvalue weighted by molar-refractivity contribution is 5.88. The van der Waals surface area contributed by atoms with Crippen LogP contribution in [0, 0.1) is 23.7 Å².